The van der Waals surface area contributed by atoms with Crippen molar-refractivity contribution in [2.75, 3.05) is 20.1 Å². The van der Waals surface area contributed by atoms with Crippen LogP contribution in [0.4, 0.5) is 0 Å². The van der Waals surface area contributed by atoms with Crippen molar-refractivity contribution in [2.45, 2.75) is 30.7 Å². The van der Waals surface area contributed by atoms with Crippen LogP contribution in [0.1, 0.15) is 41.2 Å². The van der Waals surface area contributed by atoms with Gasteiger partial charge in [-0.05, 0) is 37.3 Å². The molecule has 1 saturated heterocycles. The Kier molecular flexibility index (Phi) is 5.04. The van der Waals surface area contributed by atoms with Gasteiger partial charge in [-0.15, -0.1) is 11.3 Å². The molecule has 1 fully saturated rings. The van der Waals surface area contributed by atoms with E-state index in [1.807, 2.05) is 24.4 Å². The molecular weight excluding hydrogens is 358 g/mol. The van der Waals surface area contributed by atoms with Gasteiger partial charge in [-0.3, -0.25) is 4.79 Å². The summed E-state index contributed by atoms with van der Waals surface area (Å²) < 4.78 is 28.5. The van der Waals surface area contributed by atoms with Gasteiger partial charge < -0.3 is 9.47 Å². The molecule has 3 heterocycles. The van der Waals surface area contributed by atoms with E-state index >= 15 is 0 Å². The molecular formula is C17H23N3O3S2. The number of aryl methyl sites for hydroxylation is 1. The lowest BCUT2D eigenvalue weighted by Gasteiger charge is -2.24. The summed E-state index contributed by atoms with van der Waals surface area (Å²) in [6.45, 7) is 3.07. The van der Waals surface area contributed by atoms with Gasteiger partial charge in [-0.2, -0.15) is 4.31 Å². The lowest BCUT2D eigenvalue weighted by Crippen LogP contribution is -2.30. The van der Waals surface area contributed by atoms with E-state index in [1.165, 1.54) is 16.6 Å². The highest BCUT2D eigenvalue weighted by atomic mass is 32.2. The van der Waals surface area contributed by atoms with Gasteiger partial charge in [0, 0.05) is 38.3 Å². The highest BCUT2D eigenvalue weighted by molar-refractivity contribution is 7.89. The third kappa shape index (κ3) is 3.38. The zero-order chi connectivity index (χ0) is 18.2. The summed E-state index contributed by atoms with van der Waals surface area (Å²) in [6, 6.07) is 5.38. The molecule has 6 nitrogen and oxygen atoms in total. The van der Waals surface area contributed by atoms with Crippen molar-refractivity contribution in [1.29, 1.82) is 0 Å². The SMILES string of the molecule is C[C@H](c1cccs1)N(C)C(=O)c1cc(S(=O)(=O)N2CCCC2)cn1C. The molecule has 0 radical (unpaired) electrons. The number of sulfonamides is 1. The van der Waals surface area contributed by atoms with Crippen LogP contribution in [0.15, 0.2) is 34.7 Å². The normalized spacial score (nSPS) is 16.9. The molecule has 2 aromatic heterocycles. The number of nitrogens with zero attached hydrogens (tertiary/aromatic N) is 3. The fraction of sp³-hybridized carbons (Fsp3) is 0.471. The summed E-state index contributed by atoms with van der Waals surface area (Å²) in [4.78, 5) is 15.8. The van der Waals surface area contributed by atoms with Gasteiger partial charge in [-0.1, -0.05) is 6.07 Å². The number of hydrogen-bond acceptors (Lipinski definition) is 4. The fourth-order valence-corrected chi connectivity index (χ4v) is 5.46. The van der Waals surface area contributed by atoms with Crippen LogP contribution in [0.25, 0.3) is 0 Å². The average Bonchev–Trinajstić information content (AvgIpc) is 3.32. The molecule has 0 aromatic carbocycles. The zero-order valence-corrected chi connectivity index (χ0v) is 16.3. The van der Waals surface area contributed by atoms with E-state index in [1.54, 1.807) is 34.9 Å². The predicted molar refractivity (Wildman–Crippen MR) is 98.2 cm³/mol. The maximum atomic E-state index is 12.9. The summed E-state index contributed by atoms with van der Waals surface area (Å²) in [6.07, 6.45) is 3.31. The second-order valence-corrected chi connectivity index (χ2v) is 9.31. The van der Waals surface area contributed by atoms with E-state index in [-0.39, 0.29) is 16.8 Å². The Morgan fingerprint density at radius 1 is 1.32 bits per heavy atom. The second-order valence-electron chi connectivity index (χ2n) is 6.39. The lowest BCUT2D eigenvalue weighted by atomic mass is 10.2. The fourth-order valence-electron chi connectivity index (χ4n) is 3.04. The second kappa shape index (κ2) is 6.93. The summed E-state index contributed by atoms with van der Waals surface area (Å²) >= 11 is 1.60. The van der Waals surface area contributed by atoms with Gasteiger partial charge in [0.15, 0.2) is 0 Å². The summed E-state index contributed by atoms with van der Waals surface area (Å²) in [5.74, 6) is -0.189. The van der Waals surface area contributed by atoms with Crippen molar-refractivity contribution >= 4 is 27.3 Å². The Balaban J connectivity index is 1.85. The molecule has 1 atom stereocenters. The molecule has 3 rings (SSSR count). The topological polar surface area (TPSA) is 62.6 Å². The number of carbonyl (C=O) groups excluding carboxylic acids is 1. The van der Waals surface area contributed by atoms with E-state index in [4.69, 9.17) is 0 Å². The van der Waals surface area contributed by atoms with Crippen LogP contribution in [-0.4, -0.2) is 48.2 Å². The zero-order valence-electron chi connectivity index (χ0n) is 14.7. The van der Waals surface area contributed by atoms with Gasteiger partial charge in [0.25, 0.3) is 5.91 Å². The van der Waals surface area contributed by atoms with Crippen LogP contribution in [-0.2, 0) is 17.1 Å². The van der Waals surface area contributed by atoms with E-state index in [9.17, 15) is 13.2 Å². The first-order chi connectivity index (χ1) is 11.8. The van der Waals surface area contributed by atoms with Crippen molar-refractivity contribution < 1.29 is 13.2 Å². The average molecular weight is 382 g/mol. The van der Waals surface area contributed by atoms with Gasteiger partial charge in [-0.25, -0.2) is 8.42 Å². The third-order valence-corrected chi connectivity index (χ3v) is 7.66. The number of aromatic nitrogens is 1. The molecule has 0 N–H and O–H groups in total. The minimum Gasteiger partial charge on any atom is -0.345 e. The summed E-state index contributed by atoms with van der Waals surface area (Å²) in [7, 11) is -0.0666. The summed E-state index contributed by atoms with van der Waals surface area (Å²) in [5, 5.41) is 1.98. The largest absolute Gasteiger partial charge is 0.345 e. The molecule has 0 saturated carbocycles. The van der Waals surface area contributed by atoms with Crippen molar-refractivity contribution in [1.82, 2.24) is 13.8 Å². The Morgan fingerprint density at radius 2 is 2.00 bits per heavy atom. The van der Waals surface area contributed by atoms with E-state index in [0.29, 0.717) is 18.8 Å². The van der Waals surface area contributed by atoms with Crippen molar-refractivity contribution in [3.8, 4) is 0 Å². The lowest BCUT2D eigenvalue weighted by molar-refractivity contribution is 0.0735. The van der Waals surface area contributed by atoms with Crippen molar-refractivity contribution in [3.05, 3.63) is 40.3 Å². The Bertz CT molecular complexity index is 850. The molecule has 1 aliphatic rings. The highest BCUT2D eigenvalue weighted by Gasteiger charge is 2.30. The monoisotopic (exact) mass is 381 g/mol. The van der Waals surface area contributed by atoms with E-state index in [2.05, 4.69) is 0 Å². The first-order valence-electron chi connectivity index (χ1n) is 8.29. The maximum absolute atomic E-state index is 12.9. The molecule has 2 aromatic rings. The van der Waals surface area contributed by atoms with Crippen LogP contribution < -0.4 is 0 Å². The third-order valence-electron chi connectivity index (χ3n) is 4.76. The molecule has 0 spiro atoms. The number of hydrogen-bond donors (Lipinski definition) is 0. The molecule has 25 heavy (non-hydrogen) atoms. The van der Waals surface area contributed by atoms with Crippen LogP contribution in [0.3, 0.4) is 0 Å². The number of thiophene rings is 1. The molecule has 0 bridgehead atoms. The molecule has 0 unspecified atom stereocenters. The van der Waals surface area contributed by atoms with Crippen molar-refractivity contribution in [2.24, 2.45) is 7.05 Å². The number of amides is 1. The minimum atomic E-state index is -3.52. The first-order valence-corrected chi connectivity index (χ1v) is 10.6. The Morgan fingerprint density at radius 3 is 2.60 bits per heavy atom. The van der Waals surface area contributed by atoms with Crippen LogP contribution >= 0.6 is 11.3 Å². The molecule has 8 heteroatoms. The van der Waals surface area contributed by atoms with Crippen LogP contribution in [0.5, 0.6) is 0 Å². The minimum absolute atomic E-state index is 0.0685. The smallest absolute Gasteiger partial charge is 0.270 e. The Hall–Kier alpha value is -1.64. The molecule has 1 aliphatic heterocycles. The first kappa shape index (κ1) is 18.2. The summed E-state index contributed by atoms with van der Waals surface area (Å²) in [5.41, 5.74) is 0.378. The van der Waals surface area contributed by atoms with Gasteiger partial charge in [0.1, 0.15) is 10.6 Å². The Labute approximate surface area is 152 Å². The van der Waals surface area contributed by atoms with Gasteiger partial charge in [0.2, 0.25) is 10.0 Å². The number of carbonyl (C=O) groups is 1. The standard InChI is InChI=1S/C17H23N3O3S2/c1-13(16-7-6-10-24-16)19(3)17(21)15-11-14(12-18(15)2)25(22,23)20-8-4-5-9-20/h6-7,10-13H,4-5,8-9H2,1-3H3/t13-/m1/s1. The van der Waals surface area contributed by atoms with Crippen molar-refractivity contribution in [3.63, 3.8) is 0 Å². The molecule has 136 valence electrons. The van der Waals surface area contributed by atoms with Crippen LogP contribution in [0, 0.1) is 0 Å². The molecule has 1 amide bonds. The van der Waals surface area contributed by atoms with Crippen LogP contribution in [0.2, 0.25) is 0 Å². The van der Waals surface area contributed by atoms with E-state index in [0.717, 1.165) is 17.7 Å². The maximum Gasteiger partial charge on any atom is 0.270 e. The highest BCUT2D eigenvalue weighted by Crippen LogP contribution is 2.27. The van der Waals surface area contributed by atoms with Gasteiger partial charge >= 0.3 is 0 Å². The van der Waals surface area contributed by atoms with E-state index < -0.39 is 10.0 Å². The quantitative estimate of drug-likeness (QED) is 0.800. The van der Waals surface area contributed by atoms with Gasteiger partial charge in [0.05, 0.1) is 6.04 Å². The molecule has 0 aliphatic carbocycles. The number of rotatable bonds is 5. The predicted octanol–water partition coefficient (Wildman–Crippen LogP) is 2.70.